The van der Waals surface area contributed by atoms with Gasteiger partial charge in [0.25, 0.3) is 0 Å². The third-order valence-electron chi connectivity index (χ3n) is 4.96. The van der Waals surface area contributed by atoms with Gasteiger partial charge in [0.15, 0.2) is 0 Å². The Bertz CT molecular complexity index is 1530. The molecule has 9 nitrogen and oxygen atoms in total. The van der Waals surface area contributed by atoms with Crippen LogP contribution in [0.4, 0.5) is 0 Å². The van der Waals surface area contributed by atoms with Crippen molar-refractivity contribution in [3.05, 3.63) is 93.4 Å². The molecule has 5 aromatic rings. The third-order valence-corrected chi connectivity index (χ3v) is 4.96. The number of fused-ring (bicyclic) bond motifs is 2. The van der Waals surface area contributed by atoms with Crippen LogP contribution in [0.5, 0.6) is 11.5 Å². The maximum Gasteiger partial charge on any atom is 0.336 e. The number of nitrogens with zero attached hydrogens (tertiary/aromatic N) is 3. The number of benzene rings is 2. The topological polar surface area (TPSA) is 110 Å². The van der Waals surface area contributed by atoms with E-state index in [9.17, 15) is 9.59 Å². The van der Waals surface area contributed by atoms with Gasteiger partial charge in [0.2, 0.25) is 0 Å². The Balaban J connectivity index is 1.11. The van der Waals surface area contributed by atoms with Crippen LogP contribution in [-0.4, -0.2) is 21.6 Å². The Kier molecular flexibility index (Phi) is 5.59. The van der Waals surface area contributed by atoms with Crippen LogP contribution in [0.15, 0.2) is 85.3 Å². The highest BCUT2D eigenvalue weighted by atomic mass is 16.5. The van der Waals surface area contributed by atoms with Crippen LogP contribution in [-0.2, 0) is 13.2 Å². The Hall–Kier alpha value is -4.40. The molecule has 0 aliphatic rings. The van der Waals surface area contributed by atoms with Crippen molar-refractivity contribution in [3.8, 4) is 11.5 Å². The lowest BCUT2D eigenvalue weighted by Gasteiger charge is -2.06. The molecular weight excluding hydrogens is 426 g/mol. The van der Waals surface area contributed by atoms with E-state index < -0.39 is 11.3 Å². The van der Waals surface area contributed by atoms with E-state index in [2.05, 4.69) is 10.3 Å². The zero-order valence-electron chi connectivity index (χ0n) is 17.5. The molecular formula is C24H19N3O6. The Morgan fingerprint density at radius 1 is 0.788 bits per heavy atom. The fraction of sp³-hybridized carbons (Fsp3) is 0.167. The molecule has 0 aliphatic carbocycles. The van der Waals surface area contributed by atoms with Crippen molar-refractivity contribution in [3.63, 3.8) is 0 Å². The van der Waals surface area contributed by atoms with Crippen LogP contribution >= 0.6 is 0 Å². The van der Waals surface area contributed by atoms with Gasteiger partial charge in [-0.05, 0) is 36.4 Å². The highest BCUT2D eigenvalue weighted by molar-refractivity contribution is 5.78. The van der Waals surface area contributed by atoms with E-state index in [0.29, 0.717) is 47.9 Å². The molecule has 0 bridgehead atoms. The van der Waals surface area contributed by atoms with Gasteiger partial charge < -0.3 is 18.3 Å². The van der Waals surface area contributed by atoms with Gasteiger partial charge in [-0.25, -0.2) is 9.59 Å². The Labute approximate surface area is 186 Å². The molecule has 166 valence electrons. The maximum atomic E-state index is 11.4. The first-order chi connectivity index (χ1) is 16.1. The average Bonchev–Trinajstić information content (AvgIpc) is 3.27. The molecule has 9 heteroatoms. The van der Waals surface area contributed by atoms with Gasteiger partial charge in [-0.2, -0.15) is 0 Å². The molecule has 0 saturated carbocycles. The molecule has 0 N–H and O–H groups in total. The number of hydrogen-bond acceptors (Lipinski definition) is 8. The number of aryl methyl sites for hydroxylation is 1. The van der Waals surface area contributed by atoms with Gasteiger partial charge in [0.1, 0.15) is 35.0 Å². The van der Waals surface area contributed by atoms with Crippen LogP contribution in [0.2, 0.25) is 0 Å². The van der Waals surface area contributed by atoms with Gasteiger partial charge in [-0.1, -0.05) is 5.21 Å². The standard InChI is InChI=1S/C24H19N3O6/c28-23-8-4-16-2-6-19(12-21(16)32-23)30-11-1-10-27-14-18(25-26-27)15-31-20-7-3-17-5-9-24(29)33-22(17)13-20/h2-9,12-14H,1,10-11,15H2. The minimum absolute atomic E-state index is 0.237. The molecule has 0 radical (unpaired) electrons. The lowest BCUT2D eigenvalue weighted by molar-refractivity contribution is 0.297. The van der Waals surface area contributed by atoms with Gasteiger partial charge in [0, 0.05) is 48.0 Å². The number of hydrogen-bond donors (Lipinski definition) is 0. The van der Waals surface area contributed by atoms with Gasteiger partial charge in [0.05, 0.1) is 12.8 Å². The Morgan fingerprint density at radius 3 is 2.06 bits per heavy atom. The normalized spacial score (nSPS) is 11.2. The van der Waals surface area contributed by atoms with E-state index in [4.69, 9.17) is 18.3 Å². The van der Waals surface area contributed by atoms with Crippen LogP contribution in [0.3, 0.4) is 0 Å². The van der Waals surface area contributed by atoms with Crippen molar-refractivity contribution < 1.29 is 18.3 Å². The number of rotatable bonds is 8. The summed E-state index contributed by atoms with van der Waals surface area (Å²) in [6.07, 6.45) is 2.52. The van der Waals surface area contributed by atoms with E-state index in [1.165, 1.54) is 12.1 Å². The highest BCUT2D eigenvalue weighted by Gasteiger charge is 2.05. The second kappa shape index (κ2) is 8.99. The predicted octanol–water partition coefficient (Wildman–Crippen LogP) is 3.54. The van der Waals surface area contributed by atoms with Crippen molar-refractivity contribution in [1.82, 2.24) is 15.0 Å². The summed E-state index contributed by atoms with van der Waals surface area (Å²) in [4.78, 5) is 22.7. The SMILES string of the molecule is O=c1ccc2ccc(OCCCn3cc(COc4ccc5ccc(=O)oc5c4)nn3)cc2o1. The summed E-state index contributed by atoms with van der Waals surface area (Å²) in [7, 11) is 0. The zero-order chi connectivity index (χ0) is 22.6. The smallest absolute Gasteiger partial charge is 0.336 e. The van der Waals surface area contributed by atoms with Crippen molar-refractivity contribution in [2.45, 2.75) is 19.6 Å². The van der Waals surface area contributed by atoms with E-state index in [1.54, 1.807) is 28.9 Å². The van der Waals surface area contributed by atoms with E-state index in [-0.39, 0.29) is 6.61 Å². The minimum atomic E-state index is -0.404. The summed E-state index contributed by atoms with van der Waals surface area (Å²) in [5, 5.41) is 9.89. The summed E-state index contributed by atoms with van der Waals surface area (Å²) >= 11 is 0. The van der Waals surface area contributed by atoms with Gasteiger partial charge in [-0.3, -0.25) is 4.68 Å². The lowest BCUT2D eigenvalue weighted by atomic mass is 10.2. The average molecular weight is 445 g/mol. The molecule has 3 aromatic heterocycles. The van der Waals surface area contributed by atoms with Crippen LogP contribution in [0.25, 0.3) is 21.9 Å². The molecule has 0 aliphatic heterocycles. The summed E-state index contributed by atoms with van der Waals surface area (Å²) in [5.74, 6) is 1.21. The first-order valence-electron chi connectivity index (χ1n) is 10.3. The second-order valence-electron chi connectivity index (χ2n) is 7.37. The molecule has 2 aromatic carbocycles. The summed E-state index contributed by atoms with van der Waals surface area (Å²) in [5.41, 5.74) is 0.846. The van der Waals surface area contributed by atoms with E-state index in [0.717, 1.165) is 10.8 Å². The molecule has 33 heavy (non-hydrogen) atoms. The zero-order valence-corrected chi connectivity index (χ0v) is 17.5. The monoisotopic (exact) mass is 445 g/mol. The summed E-state index contributed by atoms with van der Waals surface area (Å²) in [6.45, 7) is 1.33. The molecule has 0 amide bonds. The van der Waals surface area contributed by atoms with Crippen molar-refractivity contribution in [2.75, 3.05) is 6.61 Å². The summed E-state index contributed by atoms with van der Waals surface area (Å²) in [6, 6.07) is 16.9. The lowest BCUT2D eigenvalue weighted by Crippen LogP contribution is -2.05. The third kappa shape index (κ3) is 4.93. The predicted molar refractivity (Wildman–Crippen MR) is 119 cm³/mol. The first-order valence-corrected chi connectivity index (χ1v) is 10.3. The molecule has 0 fully saturated rings. The van der Waals surface area contributed by atoms with Gasteiger partial charge >= 0.3 is 11.3 Å². The maximum absolute atomic E-state index is 11.4. The van der Waals surface area contributed by atoms with Crippen LogP contribution < -0.4 is 20.7 Å². The molecule has 5 rings (SSSR count). The fourth-order valence-electron chi connectivity index (χ4n) is 3.35. The fourth-order valence-corrected chi connectivity index (χ4v) is 3.35. The molecule has 3 heterocycles. The van der Waals surface area contributed by atoms with Crippen molar-refractivity contribution in [1.29, 1.82) is 0 Å². The molecule has 0 saturated heterocycles. The largest absolute Gasteiger partial charge is 0.493 e. The molecule has 0 spiro atoms. The van der Waals surface area contributed by atoms with Crippen LogP contribution in [0, 0.1) is 0 Å². The molecule has 0 unspecified atom stereocenters. The Morgan fingerprint density at radius 2 is 1.39 bits per heavy atom. The van der Waals surface area contributed by atoms with E-state index >= 15 is 0 Å². The first kappa shape index (κ1) is 20.5. The van der Waals surface area contributed by atoms with Crippen molar-refractivity contribution in [2.24, 2.45) is 0 Å². The molecule has 0 atom stereocenters. The second-order valence-corrected chi connectivity index (χ2v) is 7.37. The summed E-state index contributed by atoms with van der Waals surface area (Å²) < 4.78 is 23.6. The minimum Gasteiger partial charge on any atom is -0.493 e. The quantitative estimate of drug-likeness (QED) is 0.264. The number of ether oxygens (including phenoxy) is 2. The van der Waals surface area contributed by atoms with Gasteiger partial charge in [-0.15, -0.1) is 5.10 Å². The van der Waals surface area contributed by atoms with Crippen LogP contribution in [0.1, 0.15) is 12.1 Å². The number of aromatic nitrogens is 3. The van der Waals surface area contributed by atoms with Crippen molar-refractivity contribution >= 4 is 21.9 Å². The van der Waals surface area contributed by atoms with E-state index in [1.807, 2.05) is 30.5 Å². The highest BCUT2D eigenvalue weighted by Crippen LogP contribution is 2.21.